The molecule has 0 unspecified atom stereocenters. The summed E-state index contributed by atoms with van der Waals surface area (Å²) >= 11 is 1.22. The van der Waals surface area contributed by atoms with E-state index < -0.39 is 0 Å². The van der Waals surface area contributed by atoms with Gasteiger partial charge in [-0.2, -0.15) is 0 Å². The van der Waals surface area contributed by atoms with Crippen LogP contribution >= 0.6 is 11.8 Å². The van der Waals surface area contributed by atoms with E-state index in [2.05, 4.69) is 10.3 Å². The fraction of sp³-hybridized carbons (Fsp3) is 0.111. The van der Waals surface area contributed by atoms with Gasteiger partial charge in [0.1, 0.15) is 11.4 Å². The number of hydrogen-bond acceptors (Lipinski definition) is 6. The molecular weight excluding hydrogens is 340 g/mol. The molecule has 2 aromatic rings. The summed E-state index contributed by atoms with van der Waals surface area (Å²) < 4.78 is 10.6. The molecule has 0 aliphatic carbocycles. The molecule has 0 saturated carbocycles. The lowest BCUT2D eigenvalue weighted by atomic mass is 10.2. The molecule has 2 aliphatic rings. The highest BCUT2D eigenvalue weighted by Crippen LogP contribution is 2.35. The van der Waals surface area contributed by atoms with Crippen LogP contribution in [0, 0.1) is 6.92 Å². The van der Waals surface area contributed by atoms with Gasteiger partial charge in [-0.3, -0.25) is 4.79 Å². The number of carbonyl (C=O) groups is 1. The molecule has 2 heterocycles. The quantitative estimate of drug-likeness (QED) is 0.809. The number of amidine groups is 1. The monoisotopic (exact) mass is 354 g/mol. The van der Waals surface area contributed by atoms with E-state index in [1.807, 2.05) is 31.2 Å². The molecule has 2 N–H and O–H groups in total. The van der Waals surface area contributed by atoms with Gasteiger partial charge < -0.3 is 19.9 Å². The first-order valence-corrected chi connectivity index (χ1v) is 8.39. The summed E-state index contributed by atoms with van der Waals surface area (Å²) in [5.41, 5.74) is 2.19. The van der Waals surface area contributed by atoms with Crippen LogP contribution in [-0.4, -0.2) is 23.0 Å². The van der Waals surface area contributed by atoms with Crippen LogP contribution in [0.4, 0.5) is 5.69 Å². The maximum atomic E-state index is 12.2. The number of benzene rings is 2. The Bertz CT molecular complexity index is 937. The van der Waals surface area contributed by atoms with Gasteiger partial charge in [-0.15, -0.1) is 0 Å². The Labute approximate surface area is 148 Å². The van der Waals surface area contributed by atoms with Crippen LogP contribution in [0.15, 0.2) is 46.3 Å². The number of aromatic hydroxyl groups is 1. The predicted molar refractivity (Wildman–Crippen MR) is 96.2 cm³/mol. The van der Waals surface area contributed by atoms with Crippen molar-refractivity contribution < 1.29 is 19.4 Å². The van der Waals surface area contributed by atoms with E-state index >= 15 is 0 Å². The molecule has 6 nitrogen and oxygen atoms in total. The van der Waals surface area contributed by atoms with Crippen molar-refractivity contribution in [2.75, 3.05) is 6.79 Å². The number of ether oxygens (including phenoxy) is 2. The van der Waals surface area contributed by atoms with Crippen molar-refractivity contribution in [3.8, 4) is 17.2 Å². The minimum Gasteiger partial charge on any atom is -0.506 e. The van der Waals surface area contributed by atoms with Gasteiger partial charge in [0, 0.05) is 0 Å². The van der Waals surface area contributed by atoms with E-state index in [9.17, 15) is 9.90 Å². The number of hydrogen-bond donors (Lipinski definition) is 2. The van der Waals surface area contributed by atoms with E-state index in [1.54, 1.807) is 18.2 Å². The SMILES string of the molecule is Cc1ccc(N=C2NC(=O)/C(=C/c3ccc4c(c3)OCO4)S2)c(O)c1. The number of aliphatic imine (C=N–C) groups is 1. The Balaban J connectivity index is 1.58. The van der Waals surface area contributed by atoms with Crippen molar-refractivity contribution in [1.82, 2.24) is 5.32 Å². The second-order valence-corrected chi connectivity index (χ2v) is 6.62. The molecule has 0 radical (unpaired) electrons. The number of rotatable bonds is 2. The van der Waals surface area contributed by atoms with Gasteiger partial charge in [-0.05, 0) is 60.2 Å². The lowest BCUT2D eigenvalue weighted by molar-refractivity contribution is -0.115. The highest BCUT2D eigenvalue weighted by molar-refractivity contribution is 8.18. The average Bonchev–Trinajstić information content (AvgIpc) is 3.17. The molecule has 1 amide bonds. The molecule has 126 valence electrons. The topological polar surface area (TPSA) is 80.2 Å². The van der Waals surface area contributed by atoms with E-state index in [4.69, 9.17) is 9.47 Å². The summed E-state index contributed by atoms with van der Waals surface area (Å²) in [5.74, 6) is 1.21. The molecule has 0 spiro atoms. The second kappa shape index (κ2) is 6.18. The van der Waals surface area contributed by atoms with Crippen LogP contribution in [0.2, 0.25) is 0 Å². The highest BCUT2D eigenvalue weighted by atomic mass is 32.2. The summed E-state index contributed by atoms with van der Waals surface area (Å²) in [6, 6.07) is 10.7. The molecule has 1 saturated heterocycles. The number of nitrogens with one attached hydrogen (secondary N) is 1. The molecule has 2 aromatic carbocycles. The number of carbonyl (C=O) groups excluding carboxylic acids is 1. The van der Waals surface area contributed by atoms with Crippen molar-refractivity contribution in [2.45, 2.75) is 6.92 Å². The summed E-state index contributed by atoms with van der Waals surface area (Å²) in [5, 5.41) is 13.1. The van der Waals surface area contributed by atoms with Gasteiger partial charge in [-0.1, -0.05) is 12.1 Å². The third-order valence-electron chi connectivity index (χ3n) is 3.70. The fourth-order valence-corrected chi connectivity index (χ4v) is 3.31. The van der Waals surface area contributed by atoms with Crippen molar-refractivity contribution in [1.29, 1.82) is 0 Å². The molecule has 7 heteroatoms. The first-order chi connectivity index (χ1) is 12.1. The van der Waals surface area contributed by atoms with Gasteiger partial charge in [0.05, 0.1) is 4.91 Å². The summed E-state index contributed by atoms with van der Waals surface area (Å²) in [6.45, 7) is 2.09. The van der Waals surface area contributed by atoms with Crippen LogP contribution < -0.4 is 14.8 Å². The standard InChI is InChI=1S/C18H14N2O4S/c1-10-2-4-12(13(21)6-10)19-18-20-17(22)16(25-18)8-11-3-5-14-15(7-11)24-9-23-14/h2-8,21H,9H2,1H3,(H,19,20,22)/b16-8-. The van der Waals surface area contributed by atoms with Crippen LogP contribution in [-0.2, 0) is 4.79 Å². The third kappa shape index (κ3) is 3.18. The molecular formula is C18H14N2O4S. The first-order valence-electron chi connectivity index (χ1n) is 7.57. The number of nitrogens with zero attached hydrogens (tertiary/aromatic N) is 1. The highest BCUT2D eigenvalue weighted by Gasteiger charge is 2.24. The Morgan fingerprint density at radius 3 is 2.88 bits per heavy atom. The Hall–Kier alpha value is -2.93. The predicted octanol–water partition coefficient (Wildman–Crippen LogP) is 3.32. The number of thioether (sulfide) groups is 1. The van der Waals surface area contributed by atoms with E-state index in [0.717, 1.165) is 11.1 Å². The van der Waals surface area contributed by atoms with Crippen LogP contribution in [0.25, 0.3) is 6.08 Å². The molecule has 2 aliphatic heterocycles. The lowest BCUT2D eigenvalue weighted by Gasteiger charge is -2.01. The number of fused-ring (bicyclic) bond motifs is 1. The van der Waals surface area contributed by atoms with Crippen molar-refractivity contribution >= 4 is 34.6 Å². The van der Waals surface area contributed by atoms with E-state index in [-0.39, 0.29) is 18.4 Å². The average molecular weight is 354 g/mol. The molecule has 25 heavy (non-hydrogen) atoms. The zero-order valence-electron chi connectivity index (χ0n) is 13.3. The molecule has 0 aromatic heterocycles. The van der Waals surface area contributed by atoms with Crippen LogP contribution in [0.3, 0.4) is 0 Å². The fourth-order valence-electron chi connectivity index (χ4n) is 2.47. The maximum Gasteiger partial charge on any atom is 0.264 e. The molecule has 0 bridgehead atoms. The van der Waals surface area contributed by atoms with Gasteiger partial charge in [0.15, 0.2) is 16.7 Å². The number of phenols is 1. The van der Waals surface area contributed by atoms with Crippen molar-refractivity contribution in [3.63, 3.8) is 0 Å². The zero-order valence-corrected chi connectivity index (χ0v) is 14.1. The lowest BCUT2D eigenvalue weighted by Crippen LogP contribution is -2.19. The Kier molecular flexibility index (Phi) is 3.85. The molecule has 4 rings (SSSR count). The molecule has 1 fully saturated rings. The Morgan fingerprint density at radius 2 is 2.04 bits per heavy atom. The minimum atomic E-state index is -0.229. The van der Waals surface area contributed by atoms with E-state index in [0.29, 0.717) is 27.3 Å². The number of aryl methyl sites for hydroxylation is 1. The minimum absolute atomic E-state index is 0.0792. The van der Waals surface area contributed by atoms with E-state index in [1.165, 1.54) is 11.8 Å². The van der Waals surface area contributed by atoms with Crippen molar-refractivity contribution in [2.24, 2.45) is 4.99 Å². The zero-order chi connectivity index (χ0) is 17.4. The largest absolute Gasteiger partial charge is 0.506 e. The summed E-state index contributed by atoms with van der Waals surface area (Å²) in [6.07, 6.45) is 1.76. The number of phenolic OH excluding ortho intramolecular Hbond substituents is 1. The van der Waals surface area contributed by atoms with Crippen LogP contribution in [0.5, 0.6) is 17.2 Å². The van der Waals surface area contributed by atoms with Gasteiger partial charge in [-0.25, -0.2) is 4.99 Å². The number of amides is 1. The molecule has 0 atom stereocenters. The third-order valence-corrected chi connectivity index (χ3v) is 4.61. The van der Waals surface area contributed by atoms with Gasteiger partial charge in [0.25, 0.3) is 5.91 Å². The maximum absolute atomic E-state index is 12.2. The summed E-state index contributed by atoms with van der Waals surface area (Å²) in [4.78, 5) is 17.0. The summed E-state index contributed by atoms with van der Waals surface area (Å²) in [7, 11) is 0. The second-order valence-electron chi connectivity index (χ2n) is 5.59. The normalized spacial score (nSPS) is 18.8. The van der Waals surface area contributed by atoms with Crippen molar-refractivity contribution in [3.05, 3.63) is 52.4 Å². The first kappa shape index (κ1) is 15.6. The van der Waals surface area contributed by atoms with Gasteiger partial charge in [0.2, 0.25) is 6.79 Å². The smallest absolute Gasteiger partial charge is 0.264 e. The Morgan fingerprint density at radius 1 is 1.20 bits per heavy atom. The van der Waals surface area contributed by atoms with Crippen LogP contribution in [0.1, 0.15) is 11.1 Å². The van der Waals surface area contributed by atoms with Gasteiger partial charge >= 0.3 is 0 Å².